The molecule has 2 aromatic rings. The summed E-state index contributed by atoms with van der Waals surface area (Å²) in [7, 11) is 1.25. The second-order valence-corrected chi connectivity index (χ2v) is 10.3. The number of hydrogen-bond donors (Lipinski definition) is 1. The zero-order chi connectivity index (χ0) is 28.3. The molecular weight excluding hydrogens is 640 g/mol. The lowest BCUT2D eigenvalue weighted by Gasteiger charge is -2.23. The standard InChI is InChI=1S/C23H19BrCl3F7N2O/c1-11(9-36(2)10-22(29,30)31)35-21(37)14-4-3-12(5-16(14)24)19(28)8-15(23(32,33)34)13-6-17(25)20(27)18(26)7-13/h3-8,11,15H,9-10H2,1-2H3,(H,35,37)/b19-8-/t11-,15?/m1/s1. The number of likely N-dealkylation sites (N-methyl/N-ethyl adjacent to an activating group) is 1. The van der Waals surface area contributed by atoms with Gasteiger partial charge in [0, 0.05) is 22.6 Å². The molecule has 1 amide bonds. The maximum atomic E-state index is 14.9. The lowest BCUT2D eigenvalue weighted by atomic mass is 9.96. The molecule has 2 atom stereocenters. The van der Waals surface area contributed by atoms with Gasteiger partial charge in [-0.1, -0.05) is 40.9 Å². The molecule has 0 aromatic heterocycles. The molecule has 0 bridgehead atoms. The van der Waals surface area contributed by atoms with E-state index in [1.807, 2.05) is 0 Å². The van der Waals surface area contributed by atoms with Gasteiger partial charge < -0.3 is 5.32 Å². The van der Waals surface area contributed by atoms with Crippen molar-refractivity contribution >= 4 is 62.5 Å². The monoisotopic (exact) mass is 656 g/mol. The van der Waals surface area contributed by atoms with Gasteiger partial charge in [-0.15, -0.1) is 0 Å². The zero-order valence-corrected chi connectivity index (χ0v) is 22.9. The summed E-state index contributed by atoms with van der Waals surface area (Å²) in [6.07, 6.45) is -8.95. The van der Waals surface area contributed by atoms with Gasteiger partial charge in [-0.2, -0.15) is 26.3 Å². The maximum absolute atomic E-state index is 14.9. The third kappa shape index (κ3) is 9.31. The Morgan fingerprint density at radius 2 is 1.65 bits per heavy atom. The number of nitrogens with zero attached hydrogens (tertiary/aromatic N) is 1. The Labute approximate surface area is 231 Å². The zero-order valence-electron chi connectivity index (χ0n) is 19.0. The topological polar surface area (TPSA) is 32.3 Å². The normalized spacial score (nSPS) is 14.6. The summed E-state index contributed by atoms with van der Waals surface area (Å²) >= 11 is 20.5. The van der Waals surface area contributed by atoms with Crippen LogP contribution in [0.1, 0.15) is 34.3 Å². The van der Waals surface area contributed by atoms with Crippen LogP contribution < -0.4 is 5.32 Å². The van der Waals surface area contributed by atoms with Crippen LogP contribution in [0.4, 0.5) is 30.7 Å². The highest BCUT2D eigenvalue weighted by Crippen LogP contribution is 2.42. The van der Waals surface area contributed by atoms with Gasteiger partial charge in [-0.05, 0) is 65.8 Å². The second kappa shape index (κ2) is 12.5. The van der Waals surface area contributed by atoms with Crippen molar-refractivity contribution in [1.82, 2.24) is 10.2 Å². The minimum Gasteiger partial charge on any atom is -0.348 e. The molecule has 3 nitrogen and oxygen atoms in total. The Bertz CT molecular complexity index is 1150. The average molecular weight is 659 g/mol. The molecule has 2 aromatic carbocycles. The number of halogens is 11. The Morgan fingerprint density at radius 3 is 2.14 bits per heavy atom. The lowest BCUT2D eigenvalue weighted by Crippen LogP contribution is -2.43. The van der Waals surface area contributed by atoms with Crippen molar-refractivity contribution in [3.63, 3.8) is 0 Å². The van der Waals surface area contributed by atoms with Crippen LogP contribution in [0.25, 0.3) is 5.83 Å². The van der Waals surface area contributed by atoms with E-state index < -0.39 is 48.2 Å². The third-order valence-electron chi connectivity index (χ3n) is 4.93. The molecule has 204 valence electrons. The molecule has 0 aliphatic heterocycles. The van der Waals surface area contributed by atoms with Crippen molar-refractivity contribution in [2.45, 2.75) is 31.2 Å². The minimum atomic E-state index is -4.90. The fourth-order valence-electron chi connectivity index (χ4n) is 3.41. The first-order chi connectivity index (χ1) is 16.9. The predicted octanol–water partition coefficient (Wildman–Crippen LogP) is 8.68. The van der Waals surface area contributed by atoms with Gasteiger partial charge in [-0.25, -0.2) is 4.39 Å². The van der Waals surface area contributed by atoms with Crippen LogP contribution in [0.3, 0.4) is 0 Å². The number of carbonyl (C=O) groups is 1. The maximum Gasteiger partial charge on any atom is 0.401 e. The molecule has 0 heterocycles. The van der Waals surface area contributed by atoms with E-state index in [9.17, 15) is 35.5 Å². The molecule has 0 aliphatic carbocycles. The van der Waals surface area contributed by atoms with Gasteiger partial charge >= 0.3 is 12.4 Å². The van der Waals surface area contributed by atoms with Crippen molar-refractivity contribution < 1.29 is 35.5 Å². The van der Waals surface area contributed by atoms with Crippen molar-refractivity contribution in [2.75, 3.05) is 20.1 Å². The molecule has 0 saturated heterocycles. The van der Waals surface area contributed by atoms with Gasteiger partial charge in [0.1, 0.15) is 11.7 Å². The van der Waals surface area contributed by atoms with E-state index in [0.717, 1.165) is 29.2 Å². The molecular formula is C23H19BrCl3F7N2O. The third-order valence-corrected chi connectivity index (χ3v) is 6.79. The molecule has 0 saturated carbocycles. The Hall–Kier alpha value is -1.53. The summed E-state index contributed by atoms with van der Waals surface area (Å²) < 4.78 is 93.7. The van der Waals surface area contributed by atoms with Crippen LogP contribution in [0.15, 0.2) is 40.9 Å². The molecule has 0 fully saturated rings. The summed E-state index contributed by atoms with van der Waals surface area (Å²) in [6.45, 7) is 0.239. The van der Waals surface area contributed by atoms with Crippen molar-refractivity contribution in [3.05, 3.63) is 72.6 Å². The summed E-state index contributed by atoms with van der Waals surface area (Å²) in [5.41, 5.74) is -0.686. The summed E-state index contributed by atoms with van der Waals surface area (Å²) in [5, 5.41) is 1.91. The number of amides is 1. The summed E-state index contributed by atoms with van der Waals surface area (Å²) in [5.74, 6) is -4.32. The van der Waals surface area contributed by atoms with E-state index in [1.54, 1.807) is 0 Å². The number of rotatable bonds is 8. The van der Waals surface area contributed by atoms with Crippen LogP contribution in [-0.2, 0) is 0 Å². The predicted molar refractivity (Wildman–Crippen MR) is 134 cm³/mol. The van der Waals surface area contributed by atoms with Crippen molar-refractivity contribution in [2.24, 2.45) is 0 Å². The van der Waals surface area contributed by atoms with E-state index in [1.165, 1.54) is 20.0 Å². The first-order valence-electron chi connectivity index (χ1n) is 10.3. The number of nitrogens with one attached hydrogen (secondary N) is 1. The molecule has 0 aliphatic rings. The molecule has 0 spiro atoms. The number of allylic oxidation sites excluding steroid dienone is 1. The Kier molecular flexibility index (Phi) is 10.7. The number of carbonyl (C=O) groups excluding carboxylic acids is 1. The SMILES string of the molecule is C[C@H](CN(C)CC(F)(F)F)NC(=O)c1ccc(/C(F)=C/C(c2cc(Cl)c(Cl)c(Cl)c2)C(F)(F)F)cc1Br. The fraction of sp³-hybridized carbons (Fsp3) is 0.348. The van der Waals surface area contributed by atoms with Crippen molar-refractivity contribution in [3.8, 4) is 0 Å². The van der Waals surface area contributed by atoms with Gasteiger partial charge in [0.2, 0.25) is 0 Å². The smallest absolute Gasteiger partial charge is 0.348 e. The Morgan fingerprint density at radius 1 is 1.08 bits per heavy atom. The second-order valence-electron chi connectivity index (χ2n) is 8.21. The van der Waals surface area contributed by atoms with Gasteiger partial charge in [-0.3, -0.25) is 9.69 Å². The lowest BCUT2D eigenvalue weighted by molar-refractivity contribution is -0.143. The fourth-order valence-corrected chi connectivity index (χ4v) is 4.58. The Balaban J connectivity index is 2.25. The number of hydrogen-bond acceptors (Lipinski definition) is 2. The van der Waals surface area contributed by atoms with Crippen LogP contribution in [0.2, 0.25) is 15.1 Å². The highest BCUT2D eigenvalue weighted by atomic mass is 79.9. The summed E-state index contributed by atoms with van der Waals surface area (Å²) in [4.78, 5) is 13.5. The van der Waals surface area contributed by atoms with Crippen LogP contribution in [-0.4, -0.2) is 49.3 Å². The van der Waals surface area contributed by atoms with Crippen LogP contribution in [0, 0.1) is 0 Å². The molecule has 0 radical (unpaired) electrons. The van der Waals surface area contributed by atoms with Gasteiger partial charge in [0.15, 0.2) is 0 Å². The first kappa shape index (κ1) is 31.7. The van der Waals surface area contributed by atoms with E-state index in [-0.39, 0.29) is 37.2 Å². The van der Waals surface area contributed by atoms with Gasteiger partial charge in [0.25, 0.3) is 5.91 Å². The van der Waals surface area contributed by atoms with E-state index >= 15 is 0 Å². The van der Waals surface area contributed by atoms with Crippen LogP contribution >= 0.6 is 50.7 Å². The number of benzene rings is 2. The van der Waals surface area contributed by atoms with E-state index in [4.69, 9.17) is 34.8 Å². The average Bonchev–Trinajstić information content (AvgIpc) is 2.72. The number of alkyl halides is 6. The quantitative estimate of drug-likeness (QED) is 0.228. The largest absolute Gasteiger partial charge is 0.401 e. The molecule has 1 unspecified atom stereocenters. The highest BCUT2D eigenvalue weighted by Gasteiger charge is 2.40. The minimum absolute atomic E-state index is 0.00510. The molecule has 2 rings (SSSR count). The summed E-state index contributed by atoms with van der Waals surface area (Å²) in [6, 6.07) is 4.58. The van der Waals surface area contributed by atoms with E-state index in [0.29, 0.717) is 6.08 Å². The molecule has 1 N–H and O–H groups in total. The van der Waals surface area contributed by atoms with Gasteiger partial charge in [0.05, 0.1) is 27.2 Å². The highest BCUT2D eigenvalue weighted by molar-refractivity contribution is 9.10. The first-order valence-corrected chi connectivity index (χ1v) is 12.3. The van der Waals surface area contributed by atoms with Crippen molar-refractivity contribution in [1.29, 1.82) is 0 Å². The van der Waals surface area contributed by atoms with E-state index in [2.05, 4.69) is 21.2 Å². The van der Waals surface area contributed by atoms with Crippen LogP contribution in [0.5, 0.6) is 0 Å². The molecule has 37 heavy (non-hydrogen) atoms. The molecule has 14 heteroatoms.